The molecule has 1 radical (unpaired) electrons. The van der Waals surface area contributed by atoms with Crippen molar-refractivity contribution in [1.29, 1.82) is 0 Å². The van der Waals surface area contributed by atoms with Crippen LogP contribution < -0.4 is 0 Å². The predicted molar refractivity (Wildman–Crippen MR) is 147 cm³/mol. The van der Waals surface area contributed by atoms with E-state index in [2.05, 4.69) is 71.3 Å². The molecule has 0 aliphatic rings. The van der Waals surface area contributed by atoms with Gasteiger partial charge in [-0.25, -0.2) is 4.98 Å². The Balaban J connectivity index is 0.000000172. The normalized spacial score (nSPS) is 10.2. The average molecular weight is 656 g/mol. The zero-order valence-electron chi connectivity index (χ0n) is 20.6. The number of para-hydroxylation sites is 1. The molecule has 3 nitrogen and oxygen atoms in total. The van der Waals surface area contributed by atoms with Crippen LogP contribution in [-0.4, -0.2) is 15.0 Å². The van der Waals surface area contributed by atoms with Gasteiger partial charge in [-0.2, -0.15) is 0 Å². The second-order valence-electron chi connectivity index (χ2n) is 8.50. The molecule has 6 aromatic rings. The maximum Gasteiger partial charge on any atom is 0.106 e. The zero-order valence-corrected chi connectivity index (χ0v) is 23.0. The quantitative estimate of drug-likeness (QED) is 0.182. The van der Waals surface area contributed by atoms with Gasteiger partial charge < -0.3 is 0 Å². The van der Waals surface area contributed by atoms with Crippen LogP contribution in [0.1, 0.15) is 11.1 Å². The Hall–Kier alpha value is -3.98. The van der Waals surface area contributed by atoms with Crippen LogP contribution in [-0.2, 0) is 20.1 Å². The molecule has 0 aliphatic carbocycles. The van der Waals surface area contributed by atoms with Crippen molar-refractivity contribution in [1.82, 2.24) is 15.0 Å². The Morgan fingerprint density at radius 2 is 1.19 bits per heavy atom. The Labute approximate surface area is 231 Å². The summed E-state index contributed by atoms with van der Waals surface area (Å²) in [4.78, 5) is 13.4. The summed E-state index contributed by atoms with van der Waals surface area (Å²) in [6, 6.07) is 42.7. The monoisotopic (exact) mass is 656 g/mol. The van der Waals surface area contributed by atoms with E-state index in [1.54, 1.807) is 6.33 Å². The molecular weight excluding hydrogens is 631 g/mol. The molecule has 0 bridgehead atoms. The summed E-state index contributed by atoms with van der Waals surface area (Å²) >= 11 is 0. The molecule has 0 amide bonds. The largest absolute Gasteiger partial charge is 0.296 e. The fourth-order valence-electron chi connectivity index (χ4n) is 4.18. The van der Waals surface area contributed by atoms with E-state index in [0.717, 1.165) is 33.7 Å². The maximum atomic E-state index is 4.61. The molecule has 0 fully saturated rings. The molecule has 0 unspecified atom stereocenters. The second-order valence-corrected chi connectivity index (χ2v) is 8.50. The number of benzene rings is 4. The SMILES string of the molecule is Cc1cccc(C)c1-c1cc(-c2[c-]cccc2)ncn1.[Ir].[c-]1ccccc1-c1ccc2ccccc2n1. The minimum Gasteiger partial charge on any atom is -0.296 e. The molecule has 0 saturated carbocycles. The van der Waals surface area contributed by atoms with Crippen molar-refractivity contribution in [3.63, 3.8) is 0 Å². The number of pyridine rings is 1. The number of rotatable bonds is 3. The minimum atomic E-state index is 0. The first-order valence-corrected chi connectivity index (χ1v) is 11.9. The van der Waals surface area contributed by atoms with Gasteiger partial charge in [0, 0.05) is 25.7 Å². The summed E-state index contributed by atoms with van der Waals surface area (Å²) in [6.45, 7) is 4.22. The van der Waals surface area contributed by atoms with E-state index in [4.69, 9.17) is 0 Å². The third-order valence-corrected chi connectivity index (χ3v) is 5.97. The summed E-state index contributed by atoms with van der Waals surface area (Å²) in [5.74, 6) is 0. The molecule has 0 saturated heterocycles. The fraction of sp³-hybridized carbons (Fsp3) is 0.0606. The van der Waals surface area contributed by atoms with Crippen LogP contribution in [0.2, 0.25) is 0 Å². The van der Waals surface area contributed by atoms with Crippen LogP contribution in [0.15, 0.2) is 116 Å². The standard InChI is InChI=1S/C18H15N2.C15H10N.Ir/c1-13-7-6-8-14(2)18(13)17-11-16(19-12-20-17)15-9-4-3-5-10-15;1-2-6-12(7-3-1)15-11-10-13-8-4-5-9-14(13)16-15;/h3-9,11-12H,1-2H3;1-6,8-11H;/q2*-1;. The van der Waals surface area contributed by atoms with E-state index >= 15 is 0 Å². The van der Waals surface area contributed by atoms with E-state index in [-0.39, 0.29) is 20.1 Å². The third kappa shape index (κ3) is 6.24. The van der Waals surface area contributed by atoms with Crippen LogP contribution in [0.25, 0.3) is 44.7 Å². The fourth-order valence-corrected chi connectivity index (χ4v) is 4.18. The first-order chi connectivity index (χ1) is 17.7. The summed E-state index contributed by atoms with van der Waals surface area (Å²) in [7, 11) is 0. The molecule has 0 aliphatic heterocycles. The Morgan fingerprint density at radius 3 is 1.86 bits per heavy atom. The summed E-state index contributed by atoms with van der Waals surface area (Å²) in [5.41, 5.74) is 9.53. The number of aromatic nitrogens is 3. The van der Waals surface area contributed by atoms with E-state index in [1.807, 2.05) is 78.9 Å². The van der Waals surface area contributed by atoms with Gasteiger partial charge in [0.15, 0.2) is 0 Å². The van der Waals surface area contributed by atoms with Gasteiger partial charge in [-0.1, -0.05) is 54.6 Å². The van der Waals surface area contributed by atoms with Crippen LogP contribution in [0.3, 0.4) is 0 Å². The Bertz CT molecular complexity index is 1580. The van der Waals surface area contributed by atoms with Crippen molar-refractivity contribution in [2.24, 2.45) is 0 Å². The summed E-state index contributed by atoms with van der Waals surface area (Å²) in [6.07, 6.45) is 1.62. The number of aryl methyl sites for hydroxylation is 2. The first kappa shape index (κ1) is 26.1. The van der Waals surface area contributed by atoms with Crippen LogP contribution in [0.5, 0.6) is 0 Å². The summed E-state index contributed by atoms with van der Waals surface area (Å²) < 4.78 is 0. The van der Waals surface area contributed by atoms with Gasteiger partial charge in [-0.15, -0.1) is 71.8 Å². The van der Waals surface area contributed by atoms with E-state index < -0.39 is 0 Å². The summed E-state index contributed by atoms with van der Waals surface area (Å²) in [5, 5.41) is 1.17. The topological polar surface area (TPSA) is 38.7 Å². The molecule has 6 rings (SSSR count). The third-order valence-electron chi connectivity index (χ3n) is 5.97. The molecule has 0 atom stereocenters. The first-order valence-electron chi connectivity index (χ1n) is 11.9. The predicted octanol–water partition coefficient (Wildman–Crippen LogP) is 7.93. The average Bonchev–Trinajstić information content (AvgIpc) is 2.94. The van der Waals surface area contributed by atoms with Crippen LogP contribution in [0.4, 0.5) is 0 Å². The van der Waals surface area contributed by atoms with Gasteiger partial charge in [0.25, 0.3) is 0 Å². The zero-order chi connectivity index (χ0) is 24.7. The van der Waals surface area contributed by atoms with Gasteiger partial charge in [0.2, 0.25) is 0 Å². The van der Waals surface area contributed by atoms with E-state index in [9.17, 15) is 0 Å². The molecule has 0 N–H and O–H groups in total. The number of hydrogen-bond donors (Lipinski definition) is 0. The van der Waals surface area contributed by atoms with Gasteiger partial charge >= 0.3 is 0 Å². The van der Waals surface area contributed by atoms with Crippen molar-refractivity contribution in [3.8, 4) is 33.8 Å². The Kier molecular flexibility index (Phi) is 8.68. The molecular formula is C33H25IrN3-2. The van der Waals surface area contributed by atoms with Gasteiger partial charge in [0.05, 0.1) is 11.2 Å². The van der Waals surface area contributed by atoms with Gasteiger partial charge in [-0.3, -0.25) is 9.97 Å². The molecule has 4 aromatic carbocycles. The molecule has 0 spiro atoms. The molecule has 4 heteroatoms. The molecule has 2 heterocycles. The molecule has 37 heavy (non-hydrogen) atoms. The molecule has 183 valence electrons. The van der Waals surface area contributed by atoms with Crippen molar-refractivity contribution >= 4 is 10.9 Å². The van der Waals surface area contributed by atoms with Crippen LogP contribution in [0, 0.1) is 26.0 Å². The number of nitrogens with zero attached hydrogens (tertiary/aromatic N) is 3. The smallest absolute Gasteiger partial charge is 0.106 e. The van der Waals surface area contributed by atoms with Crippen LogP contribution >= 0.6 is 0 Å². The second kappa shape index (κ2) is 12.3. The number of fused-ring (bicyclic) bond motifs is 1. The van der Waals surface area contributed by atoms with Crippen molar-refractivity contribution in [2.45, 2.75) is 13.8 Å². The van der Waals surface area contributed by atoms with Crippen molar-refractivity contribution in [3.05, 3.63) is 139 Å². The van der Waals surface area contributed by atoms with E-state index in [1.165, 1.54) is 22.1 Å². The van der Waals surface area contributed by atoms with Gasteiger partial charge in [0.1, 0.15) is 6.33 Å². The van der Waals surface area contributed by atoms with E-state index in [0.29, 0.717) is 0 Å². The molecule has 2 aromatic heterocycles. The van der Waals surface area contributed by atoms with Gasteiger partial charge in [-0.05, 0) is 47.8 Å². The Morgan fingerprint density at radius 1 is 0.568 bits per heavy atom. The minimum absolute atomic E-state index is 0. The number of hydrogen-bond acceptors (Lipinski definition) is 3. The van der Waals surface area contributed by atoms with Crippen molar-refractivity contribution in [2.75, 3.05) is 0 Å². The van der Waals surface area contributed by atoms with Crippen molar-refractivity contribution < 1.29 is 20.1 Å². The maximum absolute atomic E-state index is 4.61.